The van der Waals surface area contributed by atoms with Crippen LogP contribution < -0.4 is 5.32 Å². The zero-order valence-electron chi connectivity index (χ0n) is 13.8. The summed E-state index contributed by atoms with van der Waals surface area (Å²) in [4.78, 5) is 22.7. The minimum absolute atomic E-state index is 0.0532. The third kappa shape index (κ3) is 5.90. The highest BCUT2D eigenvalue weighted by atomic mass is 32.1. The van der Waals surface area contributed by atoms with Crippen molar-refractivity contribution in [3.05, 3.63) is 69.1 Å². The maximum atomic E-state index is 11.9. The molecule has 2 N–H and O–H groups in total. The fraction of sp³-hybridized carbons (Fsp3) is 0.278. The number of rotatable bonds is 9. The van der Waals surface area contributed by atoms with Gasteiger partial charge < -0.3 is 10.4 Å². The first kappa shape index (κ1) is 19.0. The van der Waals surface area contributed by atoms with Crippen LogP contribution in [0.5, 0.6) is 0 Å². The van der Waals surface area contributed by atoms with Gasteiger partial charge in [-0.2, -0.15) is 0 Å². The number of nitrogens with zero attached hydrogens (tertiary/aromatic N) is 1. The van der Waals surface area contributed by atoms with Crippen LogP contribution in [0.15, 0.2) is 48.5 Å². The molecule has 2 rings (SSSR count). The van der Waals surface area contributed by atoms with Gasteiger partial charge in [-0.1, -0.05) is 41.7 Å². The van der Waals surface area contributed by atoms with E-state index in [1.807, 2.05) is 37.3 Å². The quantitative estimate of drug-likeness (QED) is 0.406. The molecular weight excluding hydrogens is 340 g/mol. The molecule has 0 bridgehead atoms. The maximum absolute atomic E-state index is 11.9. The summed E-state index contributed by atoms with van der Waals surface area (Å²) in [7, 11) is 0. The zero-order chi connectivity index (χ0) is 18.2. The molecule has 0 fully saturated rings. The largest absolute Gasteiger partial charge is 0.387 e. The maximum Gasteiger partial charge on any atom is 0.324 e. The van der Waals surface area contributed by atoms with Crippen LogP contribution in [0.2, 0.25) is 0 Å². The van der Waals surface area contributed by atoms with E-state index < -0.39 is 11.0 Å². The van der Waals surface area contributed by atoms with Gasteiger partial charge in [-0.15, -0.1) is 0 Å². The average Bonchev–Trinajstić information content (AvgIpc) is 3.09. The van der Waals surface area contributed by atoms with Crippen molar-refractivity contribution in [3.63, 3.8) is 0 Å². The summed E-state index contributed by atoms with van der Waals surface area (Å²) in [5.41, 5.74) is 0.827. The number of hydrogen-bond donors (Lipinski definition) is 2. The molecule has 7 heteroatoms. The molecule has 25 heavy (non-hydrogen) atoms. The molecule has 0 radical (unpaired) electrons. The van der Waals surface area contributed by atoms with Gasteiger partial charge in [0.15, 0.2) is 5.78 Å². The molecule has 0 spiro atoms. The van der Waals surface area contributed by atoms with Gasteiger partial charge in [-0.05, 0) is 30.7 Å². The van der Waals surface area contributed by atoms with Crippen molar-refractivity contribution < 1.29 is 14.8 Å². The van der Waals surface area contributed by atoms with Crippen LogP contribution in [0, 0.1) is 10.1 Å². The lowest BCUT2D eigenvalue weighted by Crippen LogP contribution is -2.33. The number of allylic oxidation sites excluding steroid dienone is 1. The van der Waals surface area contributed by atoms with Gasteiger partial charge in [-0.3, -0.25) is 14.9 Å². The molecule has 2 unspecified atom stereocenters. The first-order valence-corrected chi connectivity index (χ1v) is 8.70. The Morgan fingerprint density at radius 2 is 2.04 bits per heavy atom. The Balaban J connectivity index is 1.76. The van der Waals surface area contributed by atoms with E-state index in [9.17, 15) is 20.0 Å². The fourth-order valence-corrected chi connectivity index (χ4v) is 2.99. The Bertz CT molecular complexity index is 743. The Hall–Kier alpha value is -2.35. The van der Waals surface area contributed by atoms with Crippen LogP contribution >= 0.6 is 11.3 Å². The topological polar surface area (TPSA) is 92.5 Å². The van der Waals surface area contributed by atoms with E-state index in [0.717, 1.165) is 16.9 Å². The van der Waals surface area contributed by atoms with Gasteiger partial charge >= 0.3 is 5.00 Å². The summed E-state index contributed by atoms with van der Waals surface area (Å²) in [6.07, 6.45) is 2.66. The first-order chi connectivity index (χ1) is 12.0. The highest BCUT2D eigenvalue weighted by molar-refractivity contribution is 7.16. The Kier molecular flexibility index (Phi) is 7.00. The van der Waals surface area contributed by atoms with Gasteiger partial charge in [0.25, 0.3) is 0 Å². The van der Waals surface area contributed by atoms with Crippen molar-refractivity contribution >= 4 is 28.2 Å². The standard InChI is InChI=1S/C18H20N2O4S/c1-13(18(22)14-5-3-2-4-6-14)19-12-11-15(21)7-8-16-9-10-17(25-16)20(23)24/h2-10,13,18-19,22H,11-12H2,1H3/b8-7+. The second-order valence-electron chi connectivity index (χ2n) is 5.58. The zero-order valence-corrected chi connectivity index (χ0v) is 14.6. The number of hydrogen-bond acceptors (Lipinski definition) is 6. The molecule has 1 aromatic heterocycles. The fourth-order valence-electron chi connectivity index (χ4n) is 2.26. The molecule has 0 saturated heterocycles. The lowest BCUT2D eigenvalue weighted by Gasteiger charge is -2.20. The summed E-state index contributed by atoms with van der Waals surface area (Å²) in [6.45, 7) is 2.31. The number of aliphatic hydroxyl groups is 1. The van der Waals surface area contributed by atoms with Gasteiger partial charge in [0.1, 0.15) is 0 Å². The lowest BCUT2D eigenvalue weighted by atomic mass is 10.0. The third-order valence-corrected chi connectivity index (χ3v) is 4.68. The van der Waals surface area contributed by atoms with E-state index in [0.29, 0.717) is 11.4 Å². The average molecular weight is 360 g/mol. The number of carbonyl (C=O) groups excluding carboxylic acids is 1. The van der Waals surface area contributed by atoms with Crippen LogP contribution in [0.1, 0.15) is 29.9 Å². The lowest BCUT2D eigenvalue weighted by molar-refractivity contribution is -0.380. The summed E-state index contributed by atoms with van der Waals surface area (Å²) in [5.74, 6) is -0.0787. The Morgan fingerprint density at radius 3 is 2.68 bits per heavy atom. The number of thiophene rings is 1. The normalized spacial score (nSPS) is 13.7. The van der Waals surface area contributed by atoms with Crippen LogP contribution in [-0.4, -0.2) is 28.4 Å². The Labute approximate surface area is 150 Å². The number of carbonyl (C=O) groups is 1. The second kappa shape index (κ2) is 9.22. The first-order valence-electron chi connectivity index (χ1n) is 7.89. The van der Waals surface area contributed by atoms with Crippen LogP contribution in [0.4, 0.5) is 5.00 Å². The number of ketones is 1. The minimum atomic E-state index is -0.640. The van der Waals surface area contributed by atoms with Gasteiger partial charge in [-0.25, -0.2) is 0 Å². The van der Waals surface area contributed by atoms with Crippen LogP contribution in [0.3, 0.4) is 0 Å². The molecule has 1 aromatic carbocycles. The molecule has 0 aliphatic carbocycles. The van der Waals surface area contributed by atoms with Gasteiger partial charge in [0, 0.05) is 30.0 Å². The van der Waals surface area contributed by atoms with E-state index in [1.165, 1.54) is 12.1 Å². The number of nitrogens with one attached hydrogen (secondary N) is 1. The summed E-state index contributed by atoms with van der Waals surface area (Å²) in [5, 5.41) is 24.0. The van der Waals surface area contributed by atoms with E-state index in [1.54, 1.807) is 12.1 Å². The SMILES string of the molecule is CC(NCCC(=O)/C=C/c1ccc([N+](=O)[O-])s1)C(O)c1ccccc1. The molecule has 0 aliphatic rings. The van der Waals surface area contributed by atoms with Crippen molar-refractivity contribution in [2.75, 3.05) is 6.54 Å². The molecule has 2 atom stereocenters. The smallest absolute Gasteiger partial charge is 0.324 e. The van der Waals surface area contributed by atoms with Gasteiger partial charge in [0.2, 0.25) is 0 Å². The third-order valence-electron chi connectivity index (χ3n) is 3.68. The van der Waals surface area contributed by atoms with E-state index >= 15 is 0 Å². The van der Waals surface area contributed by atoms with E-state index in [2.05, 4.69) is 5.32 Å². The molecule has 0 aliphatic heterocycles. The van der Waals surface area contributed by atoms with Crippen LogP contribution in [0.25, 0.3) is 6.08 Å². The van der Waals surface area contributed by atoms with Gasteiger partial charge in [0.05, 0.1) is 11.0 Å². The predicted molar refractivity (Wildman–Crippen MR) is 98.5 cm³/mol. The van der Waals surface area contributed by atoms with Crippen molar-refractivity contribution in [3.8, 4) is 0 Å². The second-order valence-corrected chi connectivity index (χ2v) is 6.67. The molecule has 6 nitrogen and oxygen atoms in total. The number of benzene rings is 1. The summed E-state index contributed by atoms with van der Waals surface area (Å²) in [6, 6.07) is 12.2. The van der Waals surface area contributed by atoms with Crippen molar-refractivity contribution in [2.45, 2.75) is 25.5 Å². The van der Waals surface area contributed by atoms with Crippen molar-refractivity contribution in [2.24, 2.45) is 0 Å². The van der Waals surface area contributed by atoms with Crippen molar-refractivity contribution in [1.29, 1.82) is 0 Å². The highest BCUT2D eigenvalue weighted by Crippen LogP contribution is 2.24. The number of aliphatic hydroxyl groups excluding tert-OH is 1. The molecule has 1 heterocycles. The molecule has 132 valence electrons. The van der Waals surface area contributed by atoms with E-state index in [-0.39, 0.29) is 23.2 Å². The summed E-state index contributed by atoms with van der Waals surface area (Å²) < 4.78 is 0. The highest BCUT2D eigenvalue weighted by Gasteiger charge is 2.15. The van der Waals surface area contributed by atoms with Crippen LogP contribution in [-0.2, 0) is 4.79 Å². The molecule has 2 aromatic rings. The molecular formula is C18H20N2O4S. The monoisotopic (exact) mass is 360 g/mol. The number of nitro groups is 1. The van der Waals surface area contributed by atoms with Crippen molar-refractivity contribution in [1.82, 2.24) is 5.32 Å². The minimum Gasteiger partial charge on any atom is -0.387 e. The molecule has 0 saturated carbocycles. The van der Waals surface area contributed by atoms with E-state index in [4.69, 9.17) is 0 Å². The Morgan fingerprint density at radius 1 is 1.32 bits per heavy atom. The predicted octanol–water partition coefficient (Wildman–Crippen LogP) is 3.34. The summed E-state index contributed by atoms with van der Waals surface area (Å²) >= 11 is 1.03. The molecule has 0 amide bonds.